The Morgan fingerprint density at radius 3 is 2.94 bits per heavy atom. The average Bonchev–Trinajstić information content (AvgIpc) is 2.83. The highest BCUT2D eigenvalue weighted by molar-refractivity contribution is 7.14. The first-order valence-electron chi connectivity index (χ1n) is 5.45. The quantitative estimate of drug-likeness (QED) is 0.683. The van der Waals surface area contributed by atoms with Crippen LogP contribution in [-0.4, -0.2) is 23.1 Å². The van der Waals surface area contributed by atoms with Crippen LogP contribution in [0, 0.1) is 0 Å². The van der Waals surface area contributed by atoms with Gasteiger partial charge in [-0.15, -0.1) is 11.3 Å². The van der Waals surface area contributed by atoms with Gasteiger partial charge in [0.25, 0.3) is 0 Å². The van der Waals surface area contributed by atoms with Crippen LogP contribution in [0.2, 0.25) is 0 Å². The average molecular weight is 249 g/mol. The van der Waals surface area contributed by atoms with Gasteiger partial charge in [-0.1, -0.05) is 0 Å². The highest BCUT2D eigenvalue weighted by Crippen LogP contribution is 2.20. The standard InChI is InChI=1S/C11H15N5S/c12-4-2-5-13-9-7-10(15-8-14-9)16-11-3-1-6-17-11/h1,3,6-8H,2,4-5,12H2,(H2,13,14,15,16). The molecule has 0 aliphatic rings. The van der Waals surface area contributed by atoms with Gasteiger partial charge in [0, 0.05) is 12.6 Å². The van der Waals surface area contributed by atoms with Crippen LogP contribution in [0.25, 0.3) is 0 Å². The monoisotopic (exact) mass is 249 g/mol. The SMILES string of the molecule is NCCCNc1cc(Nc2cccs2)ncn1. The normalized spacial score (nSPS) is 10.2. The summed E-state index contributed by atoms with van der Waals surface area (Å²) in [7, 11) is 0. The van der Waals surface area contributed by atoms with E-state index in [1.165, 1.54) is 0 Å². The van der Waals surface area contributed by atoms with E-state index < -0.39 is 0 Å². The molecule has 90 valence electrons. The van der Waals surface area contributed by atoms with Crippen LogP contribution < -0.4 is 16.4 Å². The van der Waals surface area contributed by atoms with Gasteiger partial charge in [0.2, 0.25) is 0 Å². The lowest BCUT2D eigenvalue weighted by atomic mass is 10.4. The molecule has 0 aliphatic heterocycles. The van der Waals surface area contributed by atoms with E-state index in [1.54, 1.807) is 17.7 Å². The van der Waals surface area contributed by atoms with E-state index >= 15 is 0 Å². The largest absolute Gasteiger partial charge is 0.370 e. The Bertz CT molecular complexity index is 443. The van der Waals surface area contributed by atoms with Crippen molar-refractivity contribution in [3.63, 3.8) is 0 Å². The lowest BCUT2D eigenvalue weighted by Gasteiger charge is -2.06. The van der Waals surface area contributed by atoms with Crippen LogP contribution >= 0.6 is 11.3 Å². The van der Waals surface area contributed by atoms with E-state index in [9.17, 15) is 0 Å². The van der Waals surface area contributed by atoms with Gasteiger partial charge >= 0.3 is 0 Å². The van der Waals surface area contributed by atoms with Crippen LogP contribution in [0.15, 0.2) is 29.9 Å². The number of rotatable bonds is 6. The minimum absolute atomic E-state index is 0.679. The number of nitrogens with two attached hydrogens (primary N) is 1. The molecule has 0 atom stereocenters. The summed E-state index contributed by atoms with van der Waals surface area (Å²) < 4.78 is 0. The highest BCUT2D eigenvalue weighted by Gasteiger charge is 1.99. The van der Waals surface area contributed by atoms with Crippen molar-refractivity contribution < 1.29 is 0 Å². The van der Waals surface area contributed by atoms with Gasteiger partial charge in [-0.05, 0) is 30.5 Å². The molecule has 2 heterocycles. The lowest BCUT2D eigenvalue weighted by Crippen LogP contribution is -2.09. The number of nitrogens with zero attached hydrogens (tertiary/aromatic N) is 2. The van der Waals surface area contributed by atoms with Crippen LogP contribution in [0.1, 0.15) is 6.42 Å². The van der Waals surface area contributed by atoms with Gasteiger partial charge in [-0.3, -0.25) is 0 Å². The topological polar surface area (TPSA) is 75.9 Å². The van der Waals surface area contributed by atoms with Gasteiger partial charge < -0.3 is 16.4 Å². The maximum atomic E-state index is 5.43. The second-order valence-electron chi connectivity index (χ2n) is 3.46. The van der Waals surface area contributed by atoms with Crippen molar-refractivity contribution in [1.29, 1.82) is 0 Å². The summed E-state index contributed by atoms with van der Waals surface area (Å²) in [5.74, 6) is 1.60. The van der Waals surface area contributed by atoms with Gasteiger partial charge in [-0.25, -0.2) is 9.97 Å². The molecule has 2 rings (SSSR count). The van der Waals surface area contributed by atoms with Crippen molar-refractivity contribution in [2.24, 2.45) is 5.73 Å². The zero-order valence-electron chi connectivity index (χ0n) is 9.39. The highest BCUT2D eigenvalue weighted by atomic mass is 32.1. The molecule has 4 N–H and O–H groups in total. The molecule has 0 spiro atoms. The Balaban J connectivity index is 1.96. The summed E-state index contributed by atoms with van der Waals surface area (Å²) in [4.78, 5) is 8.30. The molecule has 0 saturated heterocycles. The van der Waals surface area contributed by atoms with E-state index in [0.717, 1.165) is 29.6 Å². The number of hydrogen-bond donors (Lipinski definition) is 3. The van der Waals surface area contributed by atoms with E-state index in [1.807, 2.05) is 23.6 Å². The Labute approximate surface area is 104 Å². The van der Waals surface area contributed by atoms with Crippen molar-refractivity contribution in [2.75, 3.05) is 23.7 Å². The summed E-state index contributed by atoms with van der Waals surface area (Å²) in [6.45, 7) is 1.50. The van der Waals surface area contributed by atoms with Gasteiger partial charge in [0.15, 0.2) is 0 Å². The fourth-order valence-corrected chi connectivity index (χ4v) is 1.94. The van der Waals surface area contributed by atoms with Gasteiger partial charge in [0.1, 0.15) is 18.0 Å². The molecule has 0 aliphatic carbocycles. The Kier molecular flexibility index (Phi) is 4.29. The third-order valence-corrected chi connectivity index (χ3v) is 2.91. The lowest BCUT2D eigenvalue weighted by molar-refractivity contribution is 0.869. The van der Waals surface area contributed by atoms with Gasteiger partial charge in [-0.2, -0.15) is 0 Å². The number of anilines is 3. The predicted octanol–water partition coefficient (Wildman–Crippen LogP) is 2.04. The first kappa shape index (κ1) is 11.8. The van der Waals surface area contributed by atoms with E-state index in [-0.39, 0.29) is 0 Å². The first-order chi connectivity index (χ1) is 8.38. The zero-order chi connectivity index (χ0) is 11.9. The maximum Gasteiger partial charge on any atom is 0.136 e. The molecule has 0 fully saturated rings. The van der Waals surface area contributed by atoms with Crippen molar-refractivity contribution in [1.82, 2.24) is 9.97 Å². The van der Waals surface area contributed by atoms with Crippen LogP contribution in [0.4, 0.5) is 16.6 Å². The van der Waals surface area contributed by atoms with Crippen LogP contribution in [0.5, 0.6) is 0 Å². The summed E-state index contributed by atoms with van der Waals surface area (Å²) in [5.41, 5.74) is 5.43. The minimum Gasteiger partial charge on any atom is -0.370 e. The number of aromatic nitrogens is 2. The Morgan fingerprint density at radius 2 is 2.18 bits per heavy atom. The smallest absolute Gasteiger partial charge is 0.136 e. The maximum absolute atomic E-state index is 5.43. The molecule has 0 unspecified atom stereocenters. The van der Waals surface area contributed by atoms with Crippen molar-refractivity contribution in [3.8, 4) is 0 Å². The minimum atomic E-state index is 0.679. The molecule has 5 nitrogen and oxygen atoms in total. The molecule has 0 saturated carbocycles. The Hall–Kier alpha value is -1.66. The summed E-state index contributed by atoms with van der Waals surface area (Å²) in [5, 5.41) is 9.50. The van der Waals surface area contributed by atoms with E-state index in [2.05, 4.69) is 20.6 Å². The second kappa shape index (κ2) is 6.17. The molecular weight excluding hydrogens is 234 g/mol. The predicted molar refractivity (Wildman–Crippen MR) is 71.8 cm³/mol. The molecular formula is C11H15N5S. The molecule has 2 aromatic rings. The summed E-state index contributed by atoms with van der Waals surface area (Å²) >= 11 is 1.64. The van der Waals surface area contributed by atoms with Crippen LogP contribution in [-0.2, 0) is 0 Å². The molecule has 0 amide bonds. The van der Waals surface area contributed by atoms with Gasteiger partial charge in [0.05, 0.1) is 5.00 Å². The molecule has 0 radical (unpaired) electrons. The van der Waals surface area contributed by atoms with Crippen molar-refractivity contribution in [2.45, 2.75) is 6.42 Å². The Morgan fingerprint density at radius 1 is 1.29 bits per heavy atom. The third kappa shape index (κ3) is 3.69. The van der Waals surface area contributed by atoms with Crippen molar-refractivity contribution in [3.05, 3.63) is 29.9 Å². The summed E-state index contributed by atoms with van der Waals surface area (Å²) in [6, 6.07) is 5.89. The first-order valence-corrected chi connectivity index (χ1v) is 6.33. The molecule has 6 heteroatoms. The fourth-order valence-electron chi connectivity index (χ4n) is 1.32. The van der Waals surface area contributed by atoms with E-state index in [4.69, 9.17) is 5.73 Å². The number of hydrogen-bond acceptors (Lipinski definition) is 6. The summed E-state index contributed by atoms with van der Waals surface area (Å²) in [6.07, 6.45) is 2.47. The number of nitrogens with one attached hydrogen (secondary N) is 2. The van der Waals surface area contributed by atoms with Crippen LogP contribution in [0.3, 0.4) is 0 Å². The molecule has 2 aromatic heterocycles. The second-order valence-corrected chi connectivity index (χ2v) is 4.41. The molecule has 0 aromatic carbocycles. The fraction of sp³-hybridized carbons (Fsp3) is 0.273. The molecule has 17 heavy (non-hydrogen) atoms. The van der Waals surface area contributed by atoms with Crippen molar-refractivity contribution >= 4 is 28.0 Å². The molecule has 0 bridgehead atoms. The van der Waals surface area contributed by atoms with E-state index in [0.29, 0.717) is 6.54 Å². The zero-order valence-corrected chi connectivity index (χ0v) is 10.2. The number of thiophene rings is 1. The third-order valence-electron chi connectivity index (χ3n) is 2.13.